The molecule has 2 aliphatic rings. The van der Waals surface area contributed by atoms with Gasteiger partial charge >= 0.3 is 0 Å². The average molecular weight is 718 g/mol. The van der Waals surface area contributed by atoms with Gasteiger partial charge in [-0.05, 0) is 99.2 Å². The molecule has 6 aromatic rings. The van der Waals surface area contributed by atoms with Crippen molar-refractivity contribution >= 4 is 46.5 Å². The summed E-state index contributed by atoms with van der Waals surface area (Å²) in [6.45, 7) is 3.18. The fourth-order valence-corrected chi connectivity index (χ4v) is 7.34. The van der Waals surface area contributed by atoms with Crippen LogP contribution < -0.4 is 14.4 Å². The van der Waals surface area contributed by atoms with Gasteiger partial charge in [-0.25, -0.2) is 0 Å². The Hall–Kier alpha value is -5.71. The Balaban J connectivity index is 0.00000420. The van der Waals surface area contributed by atoms with Crippen LogP contribution in [-0.2, 0) is 20.0 Å². The molecule has 8 rings (SSSR count). The lowest BCUT2D eigenvalue weighted by Gasteiger charge is -2.38. The number of rotatable bonds is 7. The van der Waals surface area contributed by atoms with Crippen molar-refractivity contribution in [2.45, 2.75) is 25.9 Å². The van der Waals surface area contributed by atoms with Crippen molar-refractivity contribution in [3.63, 3.8) is 0 Å². The second kappa shape index (κ2) is 13.8. The van der Waals surface area contributed by atoms with Gasteiger partial charge in [0, 0.05) is 72.6 Å². The van der Waals surface area contributed by atoms with E-state index < -0.39 is 0 Å². The highest BCUT2D eigenvalue weighted by atomic mass is 35.5. The van der Waals surface area contributed by atoms with Crippen LogP contribution in [-0.4, -0.2) is 69.3 Å². The molecule has 52 heavy (non-hydrogen) atoms. The summed E-state index contributed by atoms with van der Waals surface area (Å²) in [5, 5.41) is 11.0. The number of carbonyl (C=O) groups is 2. The first kappa shape index (κ1) is 34.7. The van der Waals surface area contributed by atoms with Gasteiger partial charge < -0.3 is 33.5 Å². The van der Waals surface area contributed by atoms with E-state index >= 15 is 0 Å². The van der Waals surface area contributed by atoms with Crippen LogP contribution in [0.2, 0.25) is 0 Å². The zero-order valence-corrected chi connectivity index (χ0v) is 30.3. The molecule has 2 aliphatic heterocycles. The van der Waals surface area contributed by atoms with Crippen molar-refractivity contribution in [3.8, 4) is 22.9 Å². The second-order valence-electron chi connectivity index (χ2n) is 13.6. The highest BCUT2D eigenvalue weighted by Crippen LogP contribution is 2.39. The second-order valence-corrected chi connectivity index (χ2v) is 13.6. The first-order valence-corrected chi connectivity index (χ1v) is 17.0. The maximum absolute atomic E-state index is 14.8. The van der Waals surface area contributed by atoms with E-state index in [1.807, 2.05) is 90.8 Å². The summed E-state index contributed by atoms with van der Waals surface area (Å²) < 4.78 is 15.5. The van der Waals surface area contributed by atoms with E-state index in [1.165, 1.54) is 5.56 Å². The molecule has 0 radical (unpaired) electrons. The number of fused-ring (bicyclic) bond motifs is 3. The van der Waals surface area contributed by atoms with Gasteiger partial charge in [-0.1, -0.05) is 24.3 Å². The molecule has 0 spiro atoms. The molecule has 11 heteroatoms. The Morgan fingerprint density at radius 3 is 2.35 bits per heavy atom. The molecule has 4 aromatic carbocycles. The van der Waals surface area contributed by atoms with Gasteiger partial charge in [-0.3, -0.25) is 14.5 Å². The van der Waals surface area contributed by atoms with Gasteiger partial charge in [0.1, 0.15) is 5.75 Å². The summed E-state index contributed by atoms with van der Waals surface area (Å²) in [5.74, 6) is 0.784. The molecule has 0 unspecified atom stereocenters. The van der Waals surface area contributed by atoms with Crippen LogP contribution in [0.1, 0.15) is 37.5 Å². The van der Waals surface area contributed by atoms with E-state index in [1.54, 1.807) is 41.4 Å². The number of anilines is 2. The maximum atomic E-state index is 14.8. The smallest absolute Gasteiger partial charge is 0.264 e. The number of aromatic nitrogens is 2. The van der Waals surface area contributed by atoms with Crippen LogP contribution in [0.25, 0.3) is 16.6 Å². The fraction of sp³-hybridized carbons (Fsp3) is 0.220. The Kier molecular flexibility index (Phi) is 9.20. The molecule has 0 saturated heterocycles. The highest BCUT2D eigenvalue weighted by Gasteiger charge is 2.34. The van der Waals surface area contributed by atoms with E-state index in [2.05, 4.69) is 23.1 Å². The van der Waals surface area contributed by atoms with Crippen LogP contribution in [0.5, 0.6) is 17.2 Å². The van der Waals surface area contributed by atoms with E-state index in [0.29, 0.717) is 52.8 Å². The van der Waals surface area contributed by atoms with Crippen LogP contribution in [0, 0.1) is 6.92 Å². The van der Waals surface area contributed by atoms with Gasteiger partial charge in [0.2, 0.25) is 6.79 Å². The number of ether oxygens (including phenoxy) is 2. The zero-order valence-electron chi connectivity index (χ0n) is 29.4. The molecular weight excluding hydrogens is 678 g/mol. The molecule has 1 N–H and O–H groups in total. The molecular formula is C41H40ClN5O5. The number of hydrogen-bond acceptors (Lipinski definition) is 6. The monoisotopic (exact) mass is 717 g/mol. The molecule has 4 heterocycles. The minimum atomic E-state index is -0.259. The Labute approximate surface area is 308 Å². The number of benzene rings is 4. The quantitative estimate of drug-likeness (QED) is 0.187. The van der Waals surface area contributed by atoms with Crippen molar-refractivity contribution in [2.75, 3.05) is 32.3 Å². The zero-order chi connectivity index (χ0) is 35.4. The summed E-state index contributed by atoms with van der Waals surface area (Å²) in [6.07, 6.45) is 4.52. The molecule has 10 nitrogen and oxygen atoms in total. The van der Waals surface area contributed by atoms with Gasteiger partial charge in [0.25, 0.3) is 11.8 Å². The first-order valence-electron chi connectivity index (χ1n) is 17.0. The van der Waals surface area contributed by atoms with Crippen LogP contribution in [0.4, 0.5) is 11.4 Å². The number of carbonyl (C=O) groups excluding carboxylic acids is 2. The third-order valence-electron chi connectivity index (χ3n) is 9.87. The highest BCUT2D eigenvalue weighted by molar-refractivity contribution is 6.12. The largest absolute Gasteiger partial charge is 0.508 e. The number of phenols is 1. The number of aromatic hydroxyl groups is 1. The lowest BCUT2D eigenvalue weighted by molar-refractivity contribution is 0.0605. The summed E-state index contributed by atoms with van der Waals surface area (Å²) in [6, 6.07) is 28.2. The van der Waals surface area contributed by atoms with Gasteiger partial charge in [0.15, 0.2) is 11.5 Å². The molecule has 0 aliphatic carbocycles. The molecule has 0 saturated carbocycles. The minimum absolute atomic E-state index is 0. The van der Waals surface area contributed by atoms with Crippen LogP contribution in [0.15, 0.2) is 103 Å². The van der Waals surface area contributed by atoms with Gasteiger partial charge in [0.05, 0.1) is 16.8 Å². The molecule has 0 fully saturated rings. The summed E-state index contributed by atoms with van der Waals surface area (Å²) in [5.41, 5.74) is 7.00. The van der Waals surface area contributed by atoms with Crippen molar-refractivity contribution in [3.05, 3.63) is 131 Å². The van der Waals surface area contributed by atoms with Gasteiger partial charge in [-0.2, -0.15) is 0 Å². The van der Waals surface area contributed by atoms with E-state index in [0.717, 1.165) is 28.6 Å². The number of phenolic OH excluding ortho intramolecular Hbond substituents is 1. The predicted octanol–water partition coefficient (Wildman–Crippen LogP) is 7.24. The number of aryl methyl sites for hydroxylation is 2. The normalized spacial score (nSPS) is 14.7. The first-order chi connectivity index (χ1) is 24.6. The van der Waals surface area contributed by atoms with Crippen molar-refractivity contribution in [2.24, 2.45) is 7.05 Å². The summed E-state index contributed by atoms with van der Waals surface area (Å²) >= 11 is 0. The molecule has 2 aromatic heterocycles. The third-order valence-corrected chi connectivity index (χ3v) is 9.87. The van der Waals surface area contributed by atoms with Crippen molar-refractivity contribution in [1.29, 1.82) is 0 Å². The summed E-state index contributed by atoms with van der Waals surface area (Å²) in [7, 11) is 6.03. The Morgan fingerprint density at radius 2 is 1.60 bits per heavy atom. The van der Waals surface area contributed by atoms with E-state index in [4.69, 9.17) is 9.47 Å². The number of hydrogen-bond donors (Lipinski definition) is 1. The SMILES string of the molecule is Cc1cc(C(=O)N(c2ccc(O)cc2)c2ccc3c(ccn3C)c2)cn1-c1cc2c(cc1C(=O)N1Cc3ccccc3C[C@H]1CN(C)C)OCO2.Cl. The molecule has 1 atom stereocenters. The van der Waals surface area contributed by atoms with E-state index in [9.17, 15) is 14.7 Å². The number of likely N-dealkylation sites (N-methyl/N-ethyl adjacent to an activating group) is 1. The predicted molar refractivity (Wildman–Crippen MR) is 204 cm³/mol. The molecule has 2 amide bonds. The standard InChI is InChI=1S/C41H39N5O5.ClH/c1-26-17-30(40(48)46(31-9-12-34(47)13-10-31)32-11-14-36-28(19-32)15-16-43(36)4)23-44(26)37-21-39-38(50-25-51-39)20-35(37)41(49)45-22-29-8-6-5-7-27(29)18-33(45)24-42(2)3;/h5-17,19-21,23,33,47H,18,22,24-25H2,1-4H3;1H/t33-;/m0./s1. The lowest BCUT2D eigenvalue weighted by Crippen LogP contribution is -2.49. The Bertz CT molecular complexity index is 2310. The maximum Gasteiger partial charge on any atom is 0.264 e. The summed E-state index contributed by atoms with van der Waals surface area (Å²) in [4.78, 5) is 35.1. The molecule has 266 valence electrons. The number of nitrogens with zero attached hydrogens (tertiary/aromatic N) is 5. The van der Waals surface area contributed by atoms with Crippen molar-refractivity contribution in [1.82, 2.24) is 18.9 Å². The minimum Gasteiger partial charge on any atom is -0.508 e. The number of amides is 2. The Morgan fingerprint density at radius 1 is 0.885 bits per heavy atom. The van der Waals surface area contributed by atoms with Gasteiger partial charge in [-0.15, -0.1) is 12.4 Å². The van der Waals surface area contributed by atoms with Crippen LogP contribution in [0.3, 0.4) is 0 Å². The topological polar surface area (TPSA) is 92.4 Å². The third kappa shape index (κ3) is 6.24. The molecule has 0 bridgehead atoms. The van der Waals surface area contributed by atoms with Crippen LogP contribution >= 0.6 is 12.4 Å². The van der Waals surface area contributed by atoms with E-state index in [-0.39, 0.29) is 42.8 Å². The number of halogens is 1. The van der Waals surface area contributed by atoms with Crippen molar-refractivity contribution < 1.29 is 24.2 Å². The average Bonchev–Trinajstić information content (AvgIpc) is 3.85. The lowest BCUT2D eigenvalue weighted by atomic mass is 9.92. The fourth-order valence-electron chi connectivity index (χ4n) is 7.34.